The smallest absolute Gasteiger partial charge is 0.331 e. The van der Waals surface area contributed by atoms with Crippen molar-refractivity contribution in [2.75, 3.05) is 13.2 Å². The quantitative estimate of drug-likeness (QED) is 0.558. The molecule has 0 bridgehead atoms. The normalized spacial score (nSPS) is 18.9. The van der Waals surface area contributed by atoms with Gasteiger partial charge < -0.3 is 20.1 Å². The molecule has 0 aromatic rings. The number of hydrogen-bond donors (Lipinski definition) is 2. The number of hydrogen-bond acceptors (Lipinski definition) is 5. The fraction of sp³-hybridized carbons (Fsp3) is 0.583. The second kappa shape index (κ2) is 6.21. The molecule has 7 heteroatoms. The Balaban J connectivity index is 2.27. The lowest BCUT2D eigenvalue weighted by atomic mass is 10.2. The molecule has 1 aliphatic heterocycles. The van der Waals surface area contributed by atoms with E-state index in [-0.39, 0.29) is 18.7 Å². The van der Waals surface area contributed by atoms with Gasteiger partial charge in [-0.15, -0.1) is 0 Å². The van der Waals surface area contributed by atoms with Crippen molar-refractivity contribution >= 4 is 18.0 Å². The third kappa shape index (κ3) is 6.44. The lowest BCUT2D eigenvalue weighted by Gasteiger charge is -2.17. The highest BCUT2D eigenvalue weighted by Gasteiger charge is 2.20. The molecule has 1 atom stereocenters. The predicted molar refractivity (Wildman–Crippen MR) is 66.3 cm³/mol. The Morgan fingerprint density at radius 2 is 1.95 bits per heavy atom. The predicted octanol–water partition coefficient (Wildman–Crippen LogP) is 0.109. The summed E-state index contributed by atoms with van der Waals surface area (Å²) in [5, 5.41) is 5.10. The Bertz CT molecular complexity index is 397. The van der Waals surface area contributed by atoms with Gasteiger partial charge >= 0.3 is 18.0 Å². The highest BCUT2D eigenvalue weighted by atomic mass is 16.6. The first kappa shape index (κ1) is 15.0. The zero-order valence-corrected chi connectivity index (χ0v) is 11.2. The minimum atomic E-state index is -0.660. The first-order chi connectivity index (χ1) is 8.76. The minimum Gasteiger partial charge on any atom is -0.460 e. The second-order valence-corrected chi connectivity index (χ2v) is 5.05. The van der Waals surface area contributed by atoms with Gasteiger partial charge in [-0.1, -0.05) is 0 Å². The molecule has 0 aromatic heterocycles. The SMILES string of the molecule is CC(C)(C)OC(=O)/C=C/C(=O)OCC1CNC(=O)N1. The van der Waals surface area contributed by atoms with Gasteiger partial charge in [0.15, 0.2) is 0 Å². The van der Waals surface area contributed by atoms with E-state index in [0.717, 1.165) is 12.2 Å². The molecule has 1 saturated heterocycles. The van der Waals surface area contributed by atoms with Crippen LogP contribution in [0.1, 0.15) is 20.8 Å². The molecule has 0 radical (unpaired) electrons. The summed E-state index contributed by atoms with van der Waals surface area (Å²) in [6, 6.07) is -0.531. The number of ether oxygens (including phenoxy) is 2. The van der Waals surface area contributed by atoms with Crippen molar-refractivity contribution in [1.82, 2.24) is 10.6 Å². The molecular weight excluding hydrogens is 252 g/mol. The molecule has 0 aromatic carbocycles. The number of rotatable bonds is 4. The van der Waals surface area contributed by atoms with Crippen molar-refractivity contribution in [3.8, 4) is 0 Å². The summed E-state index contributed by atoms with van der Waals surface area (Å²) in [5.74, 6) is -1.27. The molecule has 1 fully saturated rings. The highest BCUT2D eigenvalue weighted by molar-refractivity contribution is 5.91. The van der Waals surface area contributed by atoms with Gasteiger partial charge in [-0.25, -0.2) is 14.4 Å². The van der Waals surface area contributed by atoms with Crippen LogP contribution in [-0.4, -0.2) is 42.8 Å². The number of urea groups is 1. The van der Waals surface area contributed by atoms with Gasteiger partial charge in [0.05, 0.1) is 6.04 Å². The highest BCUT2D eigenvalue weighted by Crippen LogP contribution is 2.07. The second-order valence-electron chi connectivity index (χ2n) is 5.05. The molecule has 7 nitrogen and oxygen atoms in total. The summed E-state index contributed by atoms with van der Waals surface area (Å²) in [5.41, 5.74) is -0.606. The summed E-state index contributed by atoms with van der Waals surface area (Å²) in [4.78, 5) is 33.4. The Kier molecular flexibility index (Phi) is 4.91. The van der Waals surface area contributed by atoms with Crippen LogP contribution in [0.5, 0.6) is 0 Å². The van der Waals surface area contributed by atoms with Crippen molar-refractivity contribution in [2.24, 2.45) is 0 Å². The van der Waals surface area contributed by atoms with Crippen LogP contribution in [0.25, 0.3) is 0 Å². The molecule has 19 heavy (non-hydrogen) atoms. The standard InChI is InChI=1S/C12H18N2O5/c1-12(2,3)19-10(16)5-4-9(15)18-7-8-6-13-11(17)14-8/h4-5,8H,6-7H2,1-3H3,(H2,13,14,17)/b5-4+. The van der Waals surface area contributed by atoms with Gasteiger partial charge in [0.2, 0.25) is 0 Å². The van der Waals surface area contributed by atoms with E-state index >= 15 is 0 Å². The Morgan fingerprint density at radius 1 is 1.32 bits per heavy atom. The topological polar surface area (TPSA) is 93.7 Å². The van der Waals surface area contributed by atoms with Crippen LogP contribution >= 0.6 is 0 Å². The van der Waals surface area contributed by atoms with Gasteiger partial charge in [-0.2, -0.15) is 0 Å². The van der Waals surface area contributed by atoms with E-state index in [1.165, 1.54) is 0 Å². The Morgan fingerprint density at radius 3 is 2.47 bits per heavy atom. The van der Waals surface area contributed by atoms with E-state index in [2.05, 4.69) is 10.6 Å². The van der Waals surface area contributed by atoms with Crippen molar-refractivity contribution in [3.63, 3.8) is 0 Å². The monoisotopic (exact) mass is 270 g/mol. The van der Waals surface area contributed by atoms with Gasteiger partial charge in [-0.05, 0) is 20.8 Å². The summed E-state index contributed by atoms with van der Waals surface area (Å²) in [7, 11) is 0. The summed E-state index contributed by atoms with van der Waals surface area (Å²) >= 11 is 0. The maximum Gasteiger partial charge on any atom is 0.331 e. The van der Waals surface area contributed by atoms with Crippen LogP contribution in [0.3, 0.4) is 0 Å². The molecule has 1 aliphatic rings. The van der Waals surface area contributed by atoms with Crippen LogP contribution in [0.4, 0.5) is 4.79 Å². The molecule has 0 spiro atoms. The van der Waals surface area contributed by atoms with E-state index in [9.17, 15) is 14.4 Å². The third-order valence-corrected chi connectivity index (χ3v) is 2.03. The zero-order valence-electron chi connectivity index (χ0n) is 11.2. The van der Waals surface area contributed by atoms with Crippen LogP contribution in [0.2, 0.25) is 0 Å². The summed E-state index contributed by atoms with van der Waals surface area (Å²) in [6.45, 7) is 5.64. The van der Waals surface area contributed by atoms with Crippen molar-refractivity contribution in [2.45, 2.75) is 32.4 Å². The molecule has 0 saturated carbocycles. The molecule has 2 N–H and O–H groups in total. The molecular formula is C12H18N2O5. The average molecular weight is 270 g/mol. The van der Waals surface area contributed by atoms with Crippen molar-refractivity contribution in [1.29, 1.82) is 0 Å². The maximum absolute atomic E-state index is 11.3. The van der Waals surface area contributed by atoms with Crippen LogP contribution in [0.15, 0.2) is 12.2 Å². The van der Waals surface area contributed by atoms with Gasteiger partial charge in [-0.3, -0.25) is 0 Å². The van der Waals surface area contributed by atoms with E-state index in [1.807, 2.05) is 0 Å². The molecule has 2 amide bonds. The molecule has 1 heterocycles. The van der Waals surface area contributed by atoms with E-state index < -0.39 is 17.5 Å². The number of carbonyl (C=O) groups excluding carboxylic acids is 3. The van der Waals surface area contributed by atoms with Crippen molar-refractivity contribution < 1.29 is 23.9 Å². The fourth-order valence-electron chi connectivity index (χ4n) is 1.31. The van der Waals surface area contributed by atoms with E-state index in [1.54, 1.807) is 20.8 Å². The first-order valence-electron chi connectivity index (χ1n) is 5.88. The average Bonchev–Trinajstić information content (AvgIpc) is 2.67. The Labute approximate surface area is 111 Å². The summed E-state index contributed by atoms with van der Waals surface area (Å²) < 4.78 is 9.85. The van der Waals surface area contributed by atoms with Crippen LogP contribution in [-0.2, 0) is 19.1 Å². The lowest BCUT2D eigenvalue weighted by Crippen LogP contribution is -2.31. The van der Waals surface area contributed by atoms with Crippen molar-refractivity contribution in [3.05, 3.63) is 12.2 Å². The fourth-order valence-corrected chi connectivity index (χ4v) is 1.31. The number of esters is 2. The molecule has 0 aliphatic carbocycles. The number of carbonyl (C=O) groups is 3. The first-order valence-corrected chi connectivity index (χ1v) is 5.88. The number of nitrogens with one attached hydrogen (secondary N) is 2. The number of amides is 2. The summed E-state index contributed by atoms with van der Waals surface area (Å²) in [6.07, 6.45) is 2.01. The van der Waals surface area contributed by atoms with E-state index in [0.29, 0.717) is 6.54 Å². The Hall–Kier alpha value is -2.05. The molecule has 1 unspecified atom stereocenters. The zero-order chi connectivity index (χ0) is 14.5. The molecule has 1 rings (SSSR count). The van der Waals surface area contributed by atoms with Gasteiger partial charge in [0.25, 0.3) is 0 Å². The lowest BCUT2D eigenvalue weighted by molar-refractivity contribution is -0.149. The molecule has 106 valence electrons. The maximum atomic E-state index is 11.3. The van der Waals surface area contributed by atoms with E-state index in [4.69, 9.17) is 9.47 Å². The van der Waals surface area contributed by atoms with Crippen LogP contribution < -0.4 is 10.6 Å². The largest absolute Gasteiger partial charge is 0.460 e. The minimum absolute atomic E-state index is 0.0518. The third-order valence-electron chi connectivity index (χ3n) is 2.03. The van der Waals surface area contributed by atoms with Gasteiger partial charge in [0.1, 0.15) is 12.2 Å². The van der Waals surface area contributed by atoms with Crippen LogP contribution in [0, 0.1) is 0 Å². The van der Waals surface area contributed by atoms with Gasteiger partial charge in [0, 0.05) is 18.7 Å².